The van der Waals surface area contributed by atoms with Crippen LogP contribution >= 0.6 is 0 Å². The summed E-state index contributed by atoms with van der Waals surface area (Å²) < 4.78 is 0. The molecular weight excluding hydrogens is 184 g/mol. The van der Waals surface area contributed by atoms with Gasteiger partial charge < -0.3 is 9.80 Å². The molecule has 0 saturated heterocycles. The molecule has 1 aliphatic heterocycles. The summed E-state index contributed by atoms with van der Waals surface area (Å²) in [6.45, 7) is 7.63. The maximum Gasteiger partial charge on any atom is 0.102 e. The Morgan fingerprint density at radius 3 is 2.53 bits per heavy atom. The molecule has 1 aromatic rings. The minimum Gasteiger partial charge on any atom is -0.356 e. The average molecular weight is 202 g/mol. The van der Waals surface area contributed by atoms with Crippen molar-refractivity contribution in [2.24, 2.45) is 0 Å². The normalized spacial score (nSPS) is 20.1. The van der Waals surface area contributed by atoms with Gasteiger partial charge >= 0.3 is 0 Å². The van der Waals surface area contributed by atoms with E-state index in [0.29, 0.717) is 6.17 Å². The van der Waals surface area contributed by atoms with Gasteiger partial charge in [0.05, 0.1) is 0 Å². The van der Waals surface area contributed by atoms with Crippen LogP contribution < -0.4 is 4.90 Å². The highest BCUT2D eigenvalue weighted by molar-refractivity contribution is 5.56. The van der Waals surface area contributed by atoms with Crippen LogP contribution in [0.1, 0.15) is 19.4 Å². The number of rotatable bonds is 2. The summed E-state index contributed by atoms with van der Waals surface area (Å²) in [7, 11) is 0. The van der Waals surface area contributed by atoms with Crippen LogP contribution in [0.4, 0.5) is 5.69 Å². The molecule has 1 aromatic carbocycles. The predicted molar refractivity (Wildman–Crippen MR) is 64.6 cm³/mol. The molecule has 0 saturated carbocycles. The molecule has 0 aromatic heterocycles. The molecule has 15 heavy (non-hydrogen) atoms. The zero-order chi connectivity index (χ0) is 10.8. The van der Waals surface area contributed by atoms with Crippen LogP contribution in [0, 0.1) is 6.92 Å². The van der Waals surface area contributed by atoms with Gasteiger partial charge in [-0.3, -0.25) is 0 Å². The third-order valence-electron chi connectivity index (χ3n) is 3.06. The molecule has 0 aliphatic carbocycles. The minimum absolute atomic E-state index is 0.427. The topological polar surface area (TPSA) is 6.48 Å². The maximum absolute atomic E-state index is 2.33. The maximum atomic E-state index is 2.33. The monoisotopic (exact) mass is 202 g/mol. The summed E-state index contributed by atoms with van der Waals surface area (Å²) in [6, 6.07) is 8.51. The largest absolute Gasteiger partial charge is 0.356 e. The van der Waals surface area contributed by atoms with E-state index in [4.69, 9.17) is 0 Å². The van der Waals surface area contributed by atoms with Crippen LogP contribution in [-0.2, 0) is 0 Å². The second-order valence-electron chi connectivity index (χ2n) is 3.95. The van der Waals surface area contributed by atoms with E-state index in [2.05, 4.69) is 67.2 Å². The molecular formula is C13H18N2. The minimum atomic E-state index is 0.427. The van der Waals surface area contributed by atoms with E-state index in [1.165, 1.54) is 11.3 Å². The van der Waals surface area contributed by atoms with Crippen molar-refractivity contribution in [3.8, 4) is 0 Å². The standard InChI is InChI=1S/C13H18N2/c1-4-14-9-10-15(12(14)3)13-8-6-5-7-11(13)2/h5-10,12H,4H2,1-3H3/t12-/m1/s1. The first-order valence-electron chi connectivity index (χ1n) is 5.52. The van der Waals surface area contributed by atoms with Gasteiger partial charge in [0.2, 0.25) is 0 Å². The predicted octanol–water partition coefficient (Wildman–Crippen LogP) is 2.95. The van der Waals surface area contributed by atoms with Crippen LogP contribution in [0.2, 0.25) is 0 Å². The molecule has 0 N–H and O–H groups in total. The molecule has 2 rings (SSSR count). The Morgan fingerprint density at radius 2 is 1.93 bits per heavy atom. The fourth-order valence-electron chi connectivity index (χ4n) is 2.07. The van der Waals surface area contributed by atoms with E-state index in [1.54, 1.807) is 0 Å². The number of aryl methyl sites for hydroxylation is 1. The lowest BCUT2D eigenvalue weighted by atomic mass is 10.2. The van der Waals surface area contributed by atoms with Crippen molar-refractivity contribution < 1.29 is 0 Å². The molecule has 0 bridgehead atoms. The van der Waals surface area contributed by atoms with Crippen molar-refractivity contribution >= 4 is 5.69 Å². The Labute approximate surface area is 91.8 Å². The molecule has 0 fully saturated rings. The molecule has 2 nitrogen and oxygen atoms in total. The summed E-state index contributed by atoms with van der Waals surface area (Å²) in [5.41, 5.74) is 2.63. The highest BCUT2D eigenvalue weighted by Gasteiger charge is 2.22. The second kappa shape index (κ2) is 3.97. The zero-order valence-electron chi connectivity index (χ0n) is 9.64. The van der Waals surface area contributed by atoms with Gasteiger partial charge in [-0.25, -0.2) is 0 Å². The molecule has 2 heteroatoms. The lowest BCUT2D eigenvalue weighted by Gasteiger charge is -2.29. The second-order valence-corrected chi connectivity index (χ2v) is 3.95. The van der Waals surface area contributed by atoms with Crippen molar-refractivity contribution in [2.75, 3.05) is 11.4 Å². The third-order valence-corrected chi connectivity index (χ3v) is 3.06. The Morgan fingerprint density at radius 1 is 1.20 bits per heavy atom. The average Bonchev–Trinajstić information content (AvgIpc) is 2.60. The molecule has 1 atom stereocenters. The number of benzene rings is 1. The van der Waals surface area contributed by atoms with Gasteiger partial charge in [-0.2, -0.15) is 0 Å². The fourth-order valence-corrected chi connectivity index (χ4v) is 2.07. The van der Waals surface area contributed by atoms with Crippen LogP contribution in [0.3, 0.4) is 0 Å². The van der Waals surface area contributed by atoms with Gasteiger partial charge in [0.15, 0.2) is 0 Å². The fraction of sp³-hybridized carbons (Fsp3) is 0.385. The van der Waals surface area contributed by atoms with Gasteiger partial charge in [0.1, 0.15) is 6.17 Å². The van der Waals surface area contributed by atoms with Gasteiger partial charge in [-0.05, 0) is 32.4 Å². The number of hydrogen-bond donors (Lipinski definition) is 0. The van der Waals surface area contributed by atoms with E-state index >= 15 is 0 Å². The molecule has 0 unspecified atom stereocenters. The summed E-state index contributed by atoms with van der Waals surface area (Å²) in [5.74, 6) is 0. The zero-order valence-corrected chi connectivity index (χ0v) is 9.64. The SMILES string of the molecule is CCN1C=CN(c2ccccc2C)[C@@H]1C. The summed E-state index contributed by atoms with van der Waals surface area (Å²) in [5, 5.41) is 0. The highest BCUT2D eigenvalue weighted by atomic mass is 15.4. The van der Waals surface area contributed by atoms with Gasteiger partial charge in [0.25, 0.3) is 0 Å². The van der Waals surface area contributed by atoms with E-state index in [-0.39, 0.29) is 0 Å². The Balaban J connectivity index is 2.27. The third kappa shape index (κ3) is 1.72. The summed E-state index contributed by atoms with van der Waals surface area (Å²) >= 11 is 0. The first-order chi connectivity index (χ1) is 7.24. The molecule has 0 radical (unpaired) electrons. The Bertz CT molecular complexity index is 371. The number of nitrogens with zero attached hydrogens (tertiary/aromatic N) is 2. The van der Waals surface area contributed by atoms with Crippen molar-refractivity contribution in [3.05, 3.63) is 42.2 Å². The quantitative estimate of drug-likeness (QED) is 0.727. The molecule has 0 amide bonds. The van der Waals surface area contributed by atoms with Crippen LogP contribution in [0.5, 0.6) is 0 Å². The van der Waals surface area contributed by atoms with E-state index in [0.717, 1.165) is 6.54 Å². The van der Waals surface area contributed by atoms with Gasteiger partial charge in [0, 0.05) is 24.6 Å². The lowest BCUT2D eigenvalue weighted by molar-refractivity contribution is 0.335. The van der Waals surface area contributed by atoms with Crippen molar-refractivity contribution in [1.29, 1.82) is 0 Å². The van der Waals surface area contributed by atoms with Crippen LogP contribution in [-0.4, -0.2) is 17.6 Å². The first kappa shape index (κ1) is 10.1. The molecule has 0 spiro atoms. The van der Waals surface area contributed by atoms with Crippen LogP contribution in [0.15, 0.2) is 36.7 Å². The smallest absolute Gasteiger partial charge is 0.102 e. The van der Waals surface area contributed by atoms with Crippen molar-refractivity contribution in [1.82, 2.24) is 4.90 Å². The van der Waals surface area contributed by atoms with Crippen LogP contribution in [0.25, 0.3) is 0 Å². The first-order valence-corrected chi connectivity index (χ1v) is 5.52. The van der Waals surface area contributed by atoms with Gasteiger partial charge in [-0.15, -0.1) is 0 Å². The summed E-state index contributed by atoms with van der Waals surface area (Å²) in [4.78, 5) is 4.64. The lowest BCUT2D eigenvalue weighted by Crippen LogP contribution is -2.35. The van der Waals surface area contributed by atoms with Gasteiger partial charge in [-0.1, -0.05) is 18.2 Å². The van der Waals surface area contributed by atoms with Crippen molar-refractivity contribution in [2.45, 2.75) is 26.9 Å². The Kier molecular flexibility index (Phi) is 2.67. The Hall–Kier alpha value is -1.44. The molecule has 1 aliphatic rings. The van der Waals surface area contributed by atoms with E-state index < -0.39 is 0 Å². The molecule has 1 heterocycles. The van der Waals surface area contributed by atoms with E-state index in [1.807, 2.05) is 0 Å². The van der Waals surface area contributed by atoms with Crippen molar-refractivity contribution in [3.63, 3.8) is 0 Å². The van der Waals surface area contributed by atoms with E-state index in [9.17, 15) is 0 Å². The number of hydrogen-bond acceptors (Lipinski definition) is 2. The molecule has 80 valence electrons. The number of anilines is 1. The highest BCUT2D eigenvalue weighted by Crippen LogP contribution is 2.26. The number of para-hydroxylation sites is 1. The summed E-state index contributed by atoms with van der Waals surface area (Å²) in [6.07, 6.45) is 4.75.